The second kappa shape index (κ2) is 6.48. The lowest BCUT2D eigenvalue weighted by Gasteiger charge is -2.26. The van der Waals surface area contributed by atoms with Gasteiger partial charge in [0.1, 0.15) is 16.8 Å². The van der Waals surface area contributed by atoms with Crippen molar-refractivity contribution in [2.75, 3.05) is 31.2 Å². The lowest BCUT2D eigenvalue weighted by atomic mass is 10.2. The first-order chi connectivity index (χ1) is 11.8. The fourth-order valence-electron chi connectivity index (χ4n) is 2.64. The third-order valence-electron chi connectivity index (χ3n) is 3.87. The van der Waals surface area contributed by atoms with Gasteiger partial charge in [0.15, 0.2) is 5.88 Å². The van der Waals surface area contributed by atoms with Crippen molar-refractivity contribution in [3.8, 4) is 6.07 Å². The number of hydrogen-bond acceptors (Lipinski definition) is 6. The molecule has 1 aliphatic rings. The summed E-state index contributed by atoms with van der Waals surface area (Å²) < 4.78 is 12.3. The average molecular weight is 337 g/mol. The number of anilines is 1. The molecule has 0 radical (unpaired) electrons. The first-order valence-corrected chi connectivity index (χ1v) is 8.55. The third kappa shape index (κ3) is 2.92. The first-order valence-electron chi connectivity index (χ1n) is 7.74. The summed E-state index contributed by atoms with van der Waals surface area (Å²) in [6.07, 6.45) is 1.75. The number of benzene rings is 1. The van der Waals surface area contributed by atoms with Gasteiger partial charge < -0.3 is 14.1 Å². The lowest BCUT2D eigenvalue weighted by Crippen LogP contribution is -2.35. The molecule has 0 N–H and O–H groups in total. The highest BCUT2D eigenvalue weighted by molar-refractivity contribution is 7.19. The molecule has 1 saturated heterocycles. The topological polar surface area (TPSA) is 62.3 Å². The fourth-order valence-corrected chi connectivity index (χ4v) is 3.58. The Balaban J connectivity index is 1.63. The maximum absolute atomic E-state index is 9.50. The van der Waals surface area contributed by atoms with Gasteiger partial charge in [-0.2, -0.15) is 5.26 Å². The molecule has 0 saturated carbocycles. The largest absolute Gasteiger partial charge is 0.441 e. The van der Waals surface area contributed by atoms with Crippen LogP contribution in [0.3, 0.4) is 0 Å². The summed E-state index contributed by atoms with van der Waals surface area (Å²) in [5, 5.41) is 10.2. The number of fused-ring (bicyclic) bond motifs is 1. The highest BCUT2D eigenvalue weighted by Gasteiger charge is 2.15. The van der Waals surface area contributed by atoms with E-state index in [2.05, 4.69) is 16.0 Å². The quantitative estimate of drug-likeness (QED) is 0.681. The minimum atomic E-state index is 0.513. The van der Waals surface area contributed by atoms with Gasteiger partial charge in [-0.05, 0) is 18.2 Å². The van der Waals surface area contributed by atoms with Gasteiger partial charge in [0, 0.05) is 25.2 Å². The van der Waals surface area contributed by atoms with E-state index in [4.69, 9.17) is 9.15 Å². The molecule has 0 amide bonds. The second-order valence-corrected chi connectivity index (χ2v) is 6.46. The summed E-state index contributed by atoms with van der Waals surface area (Å²) in [4.78, 5) is 6.68. The minimum Gasteiger partial charge on any atom is -0.441 e. The molecule has 6 heteroatoms. The van der Waals surface area contributed by atoms with Crippen LogP contribution in [0.15, 0.2) is 40.8 Å². The van der Waals surface area contributed by atoms with Gasteiger partial charge in [0.05, 0.1) is 29.0 Å². The number of hydrogen-bond donors (Lipinski definition) is 0. The second-order valence-electron chi connectivity index (χ2n) is 5.43. The van der Waals surface area contributed by atoms with E-state index in [0.29, 0.717) is 29.6 Å². The van der Waals surface area contributed by atoms with E-state index in [1.165, 1.54) is 11.3 Å². The number of para-hydroxylation sites is 1. The number of furan rings is 1. The van der Waals surface area contributed by atoms with Crippen LogP contribution < -0.4 is 4.90 Å². The van der Waals surface area contributed by atoms with Crippen molar-refractivity contribution in [3.05, 3.63) is 47.2 Å². The Morgan fingerprint density at radius 3 is 2.83 bits per heavy atom. The van der Waals surface area contributed by atoms with Crippen LogP contribution in [-0.4, -0.2) is 31.3 Å². The normalized spacial score (nSPS) is 15.6. The molecule has 0 atom stereocenters. The zero-order valence-electron chi connectivity index (χ0n) is 12.9. The Kier molecular flexibility index (Phi) is 4.03. The number of rotatable bonds is 3. The SMILES string of the molecule is N#C/C(=C\c1ccc(N2CCOCC2)o1)c1nc2ccccc2s1. The minimum absolute atomic E-state index is 0.513. The number of allylic oxidation sites excluding steroid dienone is 1. The van der Waals surface area contributed by atoms with E-state index in [0.717, 1.165) is 29.2 Å². The molecule has 0 spiro atoms. The van der Waals surface area contributed by atoms with Gasteiger partial charge in [-0.15, -0.1) is 11.3 Å². The fraction of sp³-hybridized carbons (Fsp3) is 0.222. The Morgan fingerprint density at radius 2 is 2.04 bits per heavy atom. The summed E-state index contributed by atoms with van der Waals surface area (Å²) in [5.41, 5.74) is 1.42. The van der Waals surface area contributed by atoms with E-state index in [-0.39, 0.29) is 0 Å². The lowest BCUT2D eigenvalue weighted by molar-refractivity contribution is 0.120. The monoisotopic (exact) mass is 337 g/mol. The van der Waals surface area contributed by atoms with Crippen molar-refractivity contribution in [2.45, 2.75) is 0 Å². The van der Waals surface area contributed by atoms with Crippen LogP contribution in [0.1, 0.15) is 10.8 Å². The van der Waals surface area contributed by atoms with Crippen LogP contribution in [-0.2, 0) is 4.74 Å². The molecule has 2 aromatic heterocycles. The van der Waals surface area contributed by atoms with Crippen LogP contribution in [0.2, 0.25) is 0 Å². The summed E-state index contributed by atoms with van der Waals surface area (Å²) >= 11 is 1.51. The average Bonchev–Trinajstić information content (AvgIpc) is 3.27. The van der Waals surface area contributed by atoms with Crippen LogP contribution in [0.4, 0.5) is 5.88 Å². The molecule has 0 bridgehead atoms. The molecule has 3 aromatic rings. The Bertz CT molecular complexity index is 896. The Labute approximate surface area is 143 Å². The molecule has 24 heavy (non-hydrogen) atoms. The van der Waals surface area contributed by atoms with E-state index in [1.54, 1.807) is 6.08 Å². The number of nitrogens with zero attached hydrogens (tertiary/aromatic N) is 3. The Morgan fingerprint density at radius 1 is 1.21 bits per heavy atom. The number of thiazole rings is 1. The molecule has 120 valence electrons. The van der Waals surface area contributed by atoms with Crippen molar-refractivity contribution in [3.63, 3.8) is 0 Å². The van der Waals surface area contributed by atoms with E-state index in [1.807, 2.05) is 36.4 Å². The first kappa shape index (κ1) is 14.9. The molecular weight excluding hydrogens is 322 g/mol. The van der Waals surface area contributed by atoms with Crippen LogP contribution >= 0.6 is 11.3 Å². The molecule has 4 rings (SSSR count). The summed E-state index contributed by atoms with van der Waals surface area (Å²) in [6.45, 7) is 3.06. The smallest absolute Gasteiger partial charge is 0.196 e. The van der Waals surface area contributed by atoms with Crippen molar-refractivity contribution >= 4 is 39.1 Å². The predicted molar refractivity (Wildman–Crippen MR) is 94.8 cm³/mol. The van der Waals surface area contributed by atoms with Gasteiger partial charge in [0.2, 0.25) is 0 Å². The van der Waals surface area contributed by atoms with Crippen molar-refractivity contribution < 1.29 is 9.15 Å². The number of aromatic nitrogens is 1. The Hall–Kier alpha value is -2.62. The third-order valence-corrected chi connectivity index (χ3v) is 4.94. The highest BCUT2D eigenvalue weighted by Crippen LogP contribution is 2.29. The highest BCUT2D eigenvalue weighted by atomic mass is 32.1. The molecule has 3 heterocycles. The van der Waals surface area contributed by atoms with Gasteiger partial charge in [-0.1, -0.05) is 12.1 Å². The molecule has 0 unspecified atom stereocenters. The molecule has 5 nitrogen and oxygen atoms in total. The summed E-state index contributed by atoms with van der Waals surface area (Å²) in [6, 6.07) is 13.9. The van der Waals surface area contributed by atoms with Gasteiger partial charge >= 0.3 is 0 Å². The van der Waals surface area contributed by atoms with E-state index in [9.17, 15) is 5.26 Å². The predicted octanol–water partition coefficient (Wildman–Crippen LogP) is 3.79. The molecule has 1 aliphatic heterocycles. The van der Waals surface area contributed by atoms with E-state index < -0.39 is 0 Å². The maximum Gasteiger partial charge on any atom is 0.196 e. The van der Waals surface area contributed by atoms with Crippen molar-refractivity contribution in [1.29, 1.82) is 5.26 Å². The standard InChI is InChI=1S/C18H15N3O2S/c19-12-13(18-20-15-3-1-2-4-16(15)24-18)11-14-5-6-17(23-14)21-7-9-22-10-8-21/h1-6,11H,7-10H2/b13-11+. The molecular formula is C18H15N3O2S. The van der Waals surface area contributed by atoms with E-state index >= 15 is 0 Å². The number of morpholine rings is 1. The molecule has 1 aromatic carbocycles. The van der Waals surface area contributed by atoms with Crippen LogP contribution in [0.25, 0.3) is 21.9 Å². The van der Waals surface area contributed by atoms with Crippen LogP contribution in [0.5, 0.6) is 0 Å². The van der Waals surface area contributed by atoms with Crippen LogP contribution in [0, 0.1) is 11.3 Å². The zero-order valence-corrected chi connectivity index (χ0v) is 13.8. The van der Waals surface area contributed by atoms with Gasteiger partial charge in [-0.3, -0.25) is 0 Å². The number of nitriles is 1. The van der Waals surface area contributed by atoms with Crippen molar-refractivity contribution in [2.24, 2.45) is 0 Å². The maximum atomic E-state index is 9.50. The zero-order chi connectivity index (χ0) is 16.4. The number of ether oxygens (including phenoxy) is 1. The van der Waals surface area contributed by atoms with Crippen molar-refractivity contribution in [1.82, 2.24) is 4.98 Å². The summed E-state index contributed by atoms with van der Waals surface area (Å²) in [5.74, 6) is 1.47. The van der Waals surface area contributed by atoms with Gasteiger partial charge in [-0.25, -0.2) is 4.98 Å². The van der Waals surface area contributed by atoms with Gasteiger partial charge in [0.25, 0.3) is 0 Å². The molecule has 1 fully saturated rings. The summed E-state index contributed by atoms with van der Waals surface area (Å²) in [7, 11) is 0. The molecule has 0 aliphatic carbocycles.